The average Bonchev–Trinajstić information content (AvgIpc) is 3.19. The van der Waals surface area contributed by atoms with Gasteiger partial charge in [0, 0.05) is 38.0 Å². The summed E-state index contributed by atoms with van der Waals surface area (Å²) in [5.74, 6) is -0.0374. The molecular weight excluding hydrogens is 468 g/mol. The molecular formula is C30H42N2O5. The summed E-state index contributed by atoms with van der Waals surface area (Å²) < 4.78 is 10.7. The maximum absolute atomic E-state index is 12.8. The molecule has 1 unspecified atom stereocenters. The van der Waals surface area contributed by atoms with E-state index in [0.29, 0.717) is 58.6 Å². The highest BCUT2D eigenvalue weighted by atomic mass is 16.5. The van der Waals surface area contributed by atoms with E-state index >= 15 is 0 Å². The number of benzene rings is 2. The molecule has 0 bridgehead atoms. The van der Waals surface area contributed by atoms with Gasteiger partial charge in [-0.2, -0.15) is 0 Å². The normalized spacial score (nSPS) is 15.8. The molecule has 0 spiro atoms. The van der Waals surface area contributed by atoms with Gasteiger partial charge in [0.25, 0.3) is 0 Å². The first kappa shape index (κ1) is 28.8. The highest BCUT2D eigenvalue weighted by Gasteiger charge is 2.43. The molecule has 7 heteroatoms. The third-order valence-electron chi connectivity index (χ3n) is 7.02. The Morgan fingerprint density at radius 2 is 1.43 bits per heavy atom. The Morgan fingerprint density at radius 1 is 0.811 bits per heavy atom. The molecule has 1 aliphatic carbocycles. The van der Waals surface area contributed by atoms with Crippen LogP contribution in [0.3, 0.4) is 0 Å². The van der Waals surface area contributed by atoms with Gasteiger partial charge in [-0.25, -0.2) is 0 Å². The van der Waals surface area contributed by atoms with Crippen LogP contribution in [0.15, 0.2) is 42.5 Å². The van der Waals surface area contributed by atoms with Gasteiger partial charge >= 0.3 is 0 Å². The topological polar surface area (TPSA) is 96.9 Å². The van der Waals surface area contributed by atoms with Gasteiger partial charge in [-0.1, -0.05) is 56.3 Å². The number of ether oxygens (including phenoxy) is 2. The fourth-order valence-electron chi connectivity index (χ4n) is 5.16. The van der Waals surface area contributed by atoms with E-state index in [1.807, 2.05) is 6.07 Å². The zero-order valence-corrected chi connectivity index (χ0v) is 22.3. The number of amides is 2. The van der Waals surface area contributed by atoms with Gasteiger partial charge in [0.05, 0.1) is 26.4 Å². The third kappa shape index (κ3) is 7.63. The number of aliphatic hydroxyl groups is 1. The van der Waals surface area contributed by atoms with Crippen LogP contribution in [0.4, 0.5) is 0 Å². The monoisotopic (exact) mass is 510 g/mol. The second-order valence-corrected chi connectivity index (χ2v) is 9.51. The molecule has 0 radical (unpaired) electrons. The molecule has 0 aliphatic heterocycles. The molecule has 2 aromatic rings. The van der Waals surface area contributed by atoms with Gasteiger partial charge in [-0.15, -0.1) is 0 Å². The van der Waals surface area contributed by atoms with Crippen LogP contribution in [-0.2, 0) is 30.9 Å². The number of aryl methyl sites for hydroxylation is 1. The van der Waals surface area contributed by atoms with Crippen molar-refractivity contribution in [3.63, 3.8) is 0 Å². The molecule has 202 valence electrons. The first-order valence-electron chi connectivity index (χ1n) is 13.6. The Morgan fingerprint density at radius 3 is 2.05 bits per heavy atom. The second kappa shape index (κ2) is 14.9. The highest BCUT2D eigenvalue weighted by molar-refractivity contribution is 5.83. The molecule has 0 fully saturated rings. The molecule has 3 rings (SSSR count). The zero-order valence-electron chi connectivity index (χ0n) is 22.3. The quantitative estimate of drug-likeness (QED) is 0.282. The van der Waals surface area contributed by atoms with Crippen LogP contribution < -0.4 is 10.6 Å². The van der Waals surface area contributed by atoms with Crippen LogP contribution in [0.2, 0.25) is 0 Å². The zero-order chi connectivity index (χ0) is 26.5. The van der Waals surface area contributed by atoms with Crippen molar-refractivity contribution in [1.82, 2.24) is 10.6 Å². The Hall–Kier alpha value is -2.74. The van der Waals surface area contributed by atoms with E-state index in [1.54, 1.807) is 0 Å². The summed E-state index contributed by atoms with van der Waals surface area (Å²) in [7, 11) is 0. The summed E-state index contributed by atoms with van der Waals surface area (Å²) in [4.78, 5) is 25.6. The van der Waals surface area contributed by atoms with Crippen molar-refractivity contribution < 1.29 is 24.2 Å². The lowest BCUT2D eigenvalue weighted by Crippen LogP contribution is -2.34. The number of aliphatic hydroxyl groups excluding tert-OH is 1. The summed E-state index contributed by atoms with van der Waals surface area (Å²) in [6, 6.07) is 15.0. The minimum absolute atomic E-state index is 0.00235. The summed E-state index contributed by atoms with van der Waals surface area (Å²) in [6.07, 6.45) is 3.83. The van der Waals surface area contributed by atoms with Crippen molar-refractivity contribution in [3.05, 3.63) is 59.2 Å². The van der Waals surface area contributed by atoms with Crippen LogP contribution in [-0.4, -0.2) is 63.0 Å². The Kier molecular flexibility index (Phi) is 11.6. The molecule has 0 heterocycles. The van der Waals surface area contributed by atoms with Crippen molar-refractivity contribution in [3.8, 4) is 11.1 Å². The molecule has 0 saturated heterocycles. The molecule has 2 amide bonds. The number of fused-ring (bicyclic) bond motifs is 3. The minimum atomic E-state index is -0.419. The maximum Gasteiger partial charge on any atom is 0.220 e. The number of nitrogens with one attached hydrogen (secondary N) is 2. The van der Waals surface area contributed by atoms with E-state index in [1.165, 1.54) is 27.8 Å². The summed E-state index contributed by atoms with van der Waals surface area (Å²) >= 11 is 0. The standard InChI is InChI=1S/C30H42N2O5/c1-3-18-36-19-15-31-28(34)11-13-30(14-12-29(35)32-16-20-37-21-17-33)26-8-6-5-7-24(26)25-10-9-23(4-2)22-27(25)30/h5-10,22,33H,3-4,11-21H2,1-2H3,(H,31,34)(H,32,35). The van der Waals surface area contributed by atoms with Crippen LogP contribution in [0.5, 0.6) is 0 Å². The van der Waals surface area contributed by atoms with Gasteiger partial charge in [0.2, 0.25) is 11.8 Å². The maximum atomic E-state index is 12.8. The van der Waals surface area contributed by atoms with Gasteiger partial charge in [-0.3, -0.25) is 9.59 Å². The number of carbonyl (C=O) groups excluding carboxylic acids is 2. The smallest absolute Gasteiger partial charge is 0.220 e. The van der Waals surface area contributed by atoms with Crippen LogP contribution in [0.25, 0.3) is 11.1 Å². The molecule has 0 saturated carbocycles. The molecule has 1 atom stereocenters. The van der Waals surface area contributed by atoms with Gasteiger partial charge in [-0.05, 0) is 53.5 Å². The Labute approximate surface area is 220 Å². The van der Waals surface area contributed by atoms with Crippen molar-refractivity contribution in [2.45, 2.75) is 57.8 Å². The van der Waals surface area contributed by atoms with Gasteiger partial charge in [0.1, 0.15) is 0 Å². The highest BCUT2D eigenvalue weighted by Crippen LogP contribution is 2.53. The average molecular weight is 511 g/mol. The van der Waals surface area contributed by atoms with E-state index in [0.717, 1.165) is 12.8 Å². The SMILES string of the molecule is CCCOCCNC(=O)CCC1(CCC(=O)NCCOCCO)c2ccccc2-c2ccc(CC)cc21. The largest absolute Gasteiger partial charge is 0.394 e. The van der Waals surface area contributed by atoms with E-state index < -0.39 is 5.41 Å². The fourth-order valence-corrected chi connectivity index (χ4v) is 5.16. The van der Waals surface area contributed by atoms with Gasteiger partial charge < -0.3 is 25.2 Å². The lowest BCUT2D eigenvalue weighted by molar-refractivity contribution is -0.121. The number of carbonyl (C=O) groups is 2. The predicted octanol–water partition coefficient (Wildman–Crippen LogP) is 3.74. The first-order valence-corrected chi connectivity index (χ1v) is 13.6. The van der Waals surface area contributed by atoms with Crippen molar-refractivity contribution in [2.24, 2.45) is 0 Å². The van der Waals surface area contributed by atoms with E-state index in [2.05, 4.69) is 60.9 Å². The number of hydrogen-bond donors (Lipinski definition) is 3. The van der Waals surface area contributed by atoms with Gasteiger partial charge in [0.15, 0.2) is 0 Å². The molecule has 3 N–H and O–H groups in total. The molecule has 7 nitrogen and oxygen atoms in total. The molecule has 1 aliphatic rings. The minimum Gasteiger partial charge on any atom is -0.394 e. The lowest BCUT2D eigenvalue weighted by atomic mass is 9.71. The molecule has 37 heavy (non-hydrogen) atoms. The predicted molar refractivity (Wildman–Crippen MR) is 146 cm³/mol. The first-order chi connectivity index (χ1) is 18.1. The van der Waals surface area contributed by atoms with Crippen LogP contribution in [0.1, 0.15) is 62.6 Å². The van der Waals surface area contributed by atoms with E-state index in [-0.39, 0.29) is 25.0 Å². The van der Waals surface area contributed by atoms with E-state index in [9.17, 15) is 9.59 Å². The molecule has 2 aromatic carbocycles. The third-order valence-corrected chi connectivity index (χ3v) is 7.02. The van der Waals surface area contributed by atoms with Crippen molar-refractivity contribution in [1.29, 1.82) is 0 Å². The van der Waals surface area contributed by atoms with Crippen molar-refractivity contribution in [2.75, 3.05) is 46.1 Å². The fraction of sp³-hybridized carbons (Fsp3) is 0.533. The lowest BCUT2D eigenvalue weighted by Gasteiger charge is -2.32. The summed E-state index contributed by atoms with van der Waals surface area (Å²) in [5, 5.41) is 14.7. The summed E-state index contributed by atoms with van der Waals surface area (Å²) in [5.41, 5.74) is 5.62. The van der Waals surface area contributed by atoms with Crippen molar-refractivity contribution >= 4 is 11.8 Å². The van der Waals surface area contributed by atoms with Crippen LogP contribution in [0, 0.1) is 0 Å². The second-order valence-electron chi connectivity index (χ2n) is 9.51. The Balaban J connectivity index is 1.79. The number of rotatable bonds is 17. The summed E-state index contributed by atoms with van der Waals surface area (Å²) in [6.45, 7) is 6.91. The molecule has 0 aromatic heterocycles. The van der Waals surface area contributed by atoms with Crippen LogP contribution >= 0.6 is 0 Å². The Bertz CT molecular complexity index is 993. The van der Waals surface area contributed by atoms with E-state index in [4.69, 9.17) is 14.6 Å². The number of hydrogen-bond acceptors (Lipinski definition) is 5.